The van der Waals surface area contributed by atoms with Gasteiger partial charge in [0.15, 0.2) is 0 Å². The van der Waals surface area contributed by atoms with Crippen LogP contribution in [0.2, 0.25) is 0 Å². The second-order valence-electron chi connectivity index (χ2n) is 7.11. The molecule has 1 N–H and O–H groups in total. The van der Waals surface area contributed by atoms with E-state index in [9.17, 15) is 9.59 Å². The van der Waals surface area contributed by atoms with E-state index in [0.29, 0.717) is 24.4 Å². The van der Waals surface area contributed by atoms with Crippen molar-refractivity contribution in [3.05, 3.63) is 63.6 Å². The molecular formula is C20H26N2O3. The van der Waals surface area contributed by atoms with E-state index < -0.39 is 0 Å². The maximum Gasteiger partial charge on any atom is 0.254 e. The Morgan fingerprint density at radius 1 is 1.16 bits per heavy atom. The fourth-order valence-electron chi connectivity index (χ4n) is 2.61. The number of hydrogen-bond acceptors (Lipinski definition) is 3. The first-order valence-electron chi connectivity index (χ1n) is 8.36. The molecule has 0 aliphatic heterocycles. The van der Waals surface area contributed by atoms with E-state index in [1.165, 1.54) is 18.7 Å². The van der Waals surface area contributed by atoms with Crippen molar-refractivity contribution in [2.45, 2.75) is 39.7 Å². The Morgan fingerprint density at radius 2 is 1.80 bits per heavy atom. The van der Waals surface area contributed by atoms with Crippen molar-refractivity contribution in [3.8, 4) is 5.75 Å². The minimum absolute atomic E-state index is 0.0576. The lowest BCUT2D eigenvalue weighted by Gasteiger charge is -2.19. The van der Waals surface area contributed by atoms with E-state index in [0.717, 1.165) is 5.69 Å². The number of hydrogen-bond donors (Lipinski definition) is 1. The van der Waals surface area contributed by atoms with Crippen molar-refractivity contribution >= 4 is 5.91 Å². The zero-order valence-electron chi connectivity index (χ0n) is 15.6. The van der Waals surface area contributed by atoms with Gasteiger partial charge >= 0.3 is 0 Å². The lowest BCUT2D eigenvalue weighted by atomic mass is 9.87. The minimum atomic E-state index is -0.139. The van der Waals surface area contributed by atoms with Gasteiger partial charge in [-0.05, 0) is 36.1 Å². The number of ether oxygens (including phenoxy) is 1. The third kappa shape index (κ3) is 4.72. The monoisotopic (exact) mass is 342 g/mol. The van der Waals surface area contributed by atoms with Crippen LogP contribution in [0.25, 0.3) is 0 Å². The number of aromatic nitrogens is 1. The molecule has 2 rings (SSSR count). The fourth-order valence-corrected chi connectivity index (χ4v) is 2.61. The molecule has 1 aromatic heterocycles. The molecule has 5 heteroatoms. The Morgan fingerprint density at radius 3 is 2.32 bits per heavy atom. The molecule has 0 atom stereocenters. The number of aryl methyl sites for hydroxylation is 1. The number of rotatable bonds is 5. The summed E-state index contributed by atoms with van der Waals surface area (Å²) in [5, 5.41) is 2.86. The van der Waals surface area contributed by atoms with Crippen LogP contribution in [-0.4, -0.2) is 24.1 Å². The molecule has 0 aliphatic carbocycles. The van der Waals surface area contributed by atoms with E-state index in [1.807, 2.05) is 31.2 Å². The molecular weight excluding hydrogens is 316 g/mol. The largest absolute Gasteiger partial charge is 0.496 e. The van der Waals surface area contributed by atoms with Crippen LogP contribution in [0.4, 0.5) is 0 Å². The van der Waals surface area contributed by atoms with Gasteiger partial charge in [-0.3, -0.25) is 9.59 Å². The van der Waals surface area contributed by atoms with Gasteiger partial charge in [0, 0.05) is 30.4 Å². The van der Waals surface area contributed by atoms with E-state index in [2.05, 4.69) is 26.1 Å². The van der Waals surface area contributed by atoms with Crippen LogP contribution in [0.3, 0.4) is 0 Å². The van der Waals surface area contributed by atoms with Gasteiger partial charge in [0.1, 0.15) is 5.75 Å². The van der Waals surface area contributed by atoms with Gasteiger partial charge in [0.25, 0.3) is 11.5 Å². The highest BCUT2D eigenvalue weighted by atomic mass is 16.5. The third-order valence-corrected chi connectivity index (χ3v) is 4.18. The van der Waals surface area contributed by atoms with Gasteiger partial charge in [-0.1, -0.05) is 32.9 Å². The smallest absolute Gasteiger partial charge is 0.254 e. The quantitative estimate of drug-likeness (QED) is 0.909. The van der Waals surface area contributed by atoms with Crippen molar-refractivity contribution in [3.63, 3.8) is 0 Å². The van der Waals surface area contributed by atoms with Crippen molar-refractivity contribution < 1.29 is 9.53 Å². The molecule has 1 aromatic carbocycles. The first kappa shape index (κ1) is 18.8. The number of amides is 1. The van der Waals surface area contributed by atoms with Gasteiger partial charge in [-0.25, -0.2) is 0 Å². The molecule has 1 heterocycles. The molecule has 0 unspecified atom stereocenters. The zero-order chi connectivity index (χ0) is 18.6. The average Bonchev–Trinajstić information content (AvgIpc) is 2.56. The van der Waals surface area contributed by atoms with E-state index in [-0.39, 0.29) is 16.9 Å². The van der Waals surface area contributed by atoms with Crippen LogP contribution in [0.1, 0.15) is 42.4 Å². The number of methoxy groups -OCH3 is 1. The van der Waals surface area contributed by atoms with Crippen LogP contribution in [0, 0.1) is 6.92 Å². The first-order chi connectivity index (χ1) is 11.7. The van der Waals surface area contributed by atoms with Crippen LogP contribution in [0.15, 0.2) is 41.2 Å². The zero-order valence-corrected chi connectivity index (χ0v) is 15.6. The summed E-state index contributed by atoms with van der Waals surface area (Å²) in [6.45, 7) is 9.05. The lowest BCUT2D eigenvalue weighted by Crippen LogP contribution is -2.31. The fraction of sp³-hybridized carbons (Fsp3) is 0.400. The third-order valence-electron chi connectivity index (χ3n) is 4.18. The summed E-state index contributed by atoms with van der Waals surface area (Å²) in [4.78, 5) is 24.3. The Bertz CT molecular complexity index is 799. The highest BCUT2D eigenvalue weighted by Gasteiger charge is 2.14. The van der Waals surface area contributed by atoms with Gasteiger partial charge in [-0.15, -0.1) is 0 Å². The molecule has 0 radical (unpaired) electrons. The molecule has 2 aromatic rings. The number of benzene rings is 1. The summed E-state index contributed by atoms with van der Waals surface area (Å²) < 4.78 is 6.70. The maximum absolute atomic E-state index is 12.2. The summed E-state index contributed by atoms with van der Waals surface area (Å²) in [7, 11) is 1.53. The van der Waals surface area contributed by atoms with Crippen molar-refractivity contribution in [1.82, 2.24) is 9.88 Å². The molecule has 25 heavy (non-hydrogen) atoms. The molecule has 0 bridgehead atoms. The Labute approximate surface area is 148 Å². The van der Waals surface area contributed by atoms with Gasteiger partial charge in [0.05, 0.1) is 7.11 Å². The van der Waals surface area contributed by atoms with E-state index in [1.54, 1.807) is 10.6 Å². The normalized spacial score (nSPS) is 11.2. The number of nitrogens with zero attached hydrogens (tertiary/aromatic N) is 1. The number of carbonyl (C=O) groups is 1. The molecule has 0 spiro atoms. The average molecular weight is 342 g/mol. The summed E-state index contributed by atoms with van der Waals surface area (Å²) >= 11 is 0. The predicted octanol–water partition coefficient (Wildman–Crippen LogP) is 2.89. The summed E-state index contributed by atoms with van der Waals surface area (Å²) in [5.74, 6) is 0.404. The highest BCUT2D eigenvalue weighted by Crippen LogP contribution is 2.22. The molecule has 0 saturated carbocycles. The summed E-state index contributed by atoms with van der Waals surface area (Å²) in [6, 6.07) is 10.9. The SMILES string of the molecule is COc1cc(C)n(CCNC(=O)c2ccc(C(C)(C)C)cc2)c(=O)c1. The standard InChI is InChI=1S/C20H26N2O3/c1-14-12-17(25-5)13-18(23)22(14)11-10-21-19(24)15-6-8-16(9-7-15)20(2,3)4/h6-9,12-13H,10-11H2,1-5H3,(H,21,24). The highest BCUT2D eigenvalue weighted by molar-refractivity contribution is 5.94. The first-order valence-corrected chi connectivity index (χ1v) is 8.36. The van der Waals surface area contributed by atoms with Crippen molar-refractivity contribution in [2.24, 2.45) is 0 Å². The van der Waals surface area contributed by atoms with E-state index >= 15 is 0 Å². The minimum Gasteiger partial charge on any atom is -0.496 e. The van der Waals surface area contributed by atoms with Crippen LogP contribution in [-0.2, 0) is 12.0 Å². The second-order valence-corrected chi connectivity index (χ2v) is 7.11. The van der Waals surface area contributed by atoms with Crippen molar-refractivity contribution in [1.29, 1.82) is 0 Å². The second kappa shape index (κ2) is 7.55. The van der Waals surface area contributed by atoms with Crippen LogP contribution in [0.5, 0.6) is 5.75 Å². The molecule has 1 amide bonds. The van der Waals surface area contributed by atoms with Crippen LogP contribution >= 0.6 is 0 Å². The summed E-state index contributed by atoms with van der Waals surface area (Å²) in [5.41, 5.74) is 2.52. The maximum atomic E-state index is 12.2. The lowest BCUT2D eigenvalue weighted by molar-refractivity contribution is 0.0952. The number of carbonyl (C=O) groups excluding carboxylic acids is 1. The summed E-state index contributed by atoms with van der Waals surface area (Å²) in [6.07, 6.45) is 0. The molecule has 0 saturated heterocycles. The van der Waals surface area contributed by atoms with Crippen molar-refractivity contribution in [2.75, 3.05) is 13.7 Å². The Hall–Kier alpha value is -2.56. The van der Waals surface area contributed by atoms with Gasteiger partial charge < -0.3 is 14.6 Å². The molecule has 0 aliphatic rings. The van der Waals surface area contributed by atoms with Gasteiger partial charge in [-0.2, -0.15) is 0 Å². The van der Waals surface area contributed by atoms with Gasteiger partial charge in [0.2, 0.25) is 0 Å². The number of pyridine rings is 1. The van der Waals surface area contributed by atoms with Crippen LogP contribution < -0.4 is 15.6 Å². The topological polar surface area (TPSA) is 60.3 Å². The molecule has 0 fully saturated rings. The van der Waals surface area contributed by atoms with E-state index in [4.69, 9.17) is 4.74 Å². The molecule has 5 nitrogen and oxygen atoms in total. The predicted molar refractivity (Wildman–Crippen MR) is 99.5 cm³/mol. The Kier molecular flexibility index (Phi) is 5.67. The Balaban J connectivity index is 1.98. The number of nitrogens with one attached hydrogen (secondary N) is 1. The molecule has 134 valence electrons.